The third kappa shape index (κ3) is 3.55. The number of benzene rings is 2. The zero-order chi connectivity index (χ0) is 22.1. The number of fused-ring (bicyclic) bond motifs is 1. The van der Waals surface area contributed by atoms with Crippen molar-refractivity contribution in [2.24, 2.45) is 0 Å². The van der Waals surface area contributed by atoms with Crippen molar-refractivity contribution < 1.29 is 19.1 Å². The van der Waals surface area contributed by atoms with Crippen LogP contribution in [-0.2, 0) is 0 Å². The molecule has 0 atom stereocenters. The van der Waals surface area contributed by atoms with E-state index in [2.05, 4.69) is 10.2 Å². The van der Waals surface area contributed by atoms with Crippen molar-refractivity contribution in [2.45, 2.75) is 0 Å². The molecule has 0 N–H and O–H groups in total. The van der Waals surface area contributed by atoms with Crippen LogP contribution < -0.4 is 24.3 Å². The van der Waals surface area contributed by atoms with Gasteiger partial charge in [0, 0.05) is 17.7 Å². The molecule has 0 amide bonds. The minimum absolute atomic E-state index is 0.0534. The van der Waals surface area contributed by atoms with Gasteiger partial charge in [-0.1, -0.05) is 23.5 Å². The quantitative estimate of drug-likeness (QED) is 0.331. The highest BCUT2D eigenvalue weighted by Crippen LogP contribution is 2.40. The molecule has 10 nitrogen and oxygen atoms in total. The van der Waals surface area contributed by atoms with E-state index in [1.165, 1.54) is 37.9 Å². The predicted octanol–water partition coefficient (Wildman–Crippen LogP) is 2.30. The molecular formula is C20H16N4O6S. The molecule has 0 saturated heterocycles. The molecular weight excluding hydrogens is 424 g/mol. The lowest BCUT2D eigenvalue weighted by Crippen LogP contribution is -2.23. The van der Waals surface area contributed by atoms with Crippen LogP contribution in [0.25, 0.3) is 22.4 Å². The fraction of sp³-hybridized carbons (Fsp3) is 0.150. The summed E-state index contributed by atoms with van der Waals surface area (Å²) in [5.41, 5.74) is 0.708. The molecule has 2 heterocycles. The Balaban J connectivity index is 1.88. The third-order valence-electron chi connectivity index (χ3n) is 4.55. The summed E-state index contributed by atoms with van der Waals surface area (Å²) in [6, 6.07) is 9.41. The van der Waals surface area contributed by atoms with Gasteiger partial charge in [0.15, 0.2) is 17.3 Å². The average molecular weight is 440 g/mol. The molecule has 158 valence electrons. The second-order valence-electron chi connectivity index (χ2n) is 6.32. The summed E-state index contributed by atoms with van der Waals surface area (Å²) < 4.78 is 17.8. The standard InChI is InChI=1S/C20H16N4O6S/c1-28-14-9-12(10-15(29-2)17(14)30-3)18-21-22-20-23(18)19(25)16(31-20)8-11-5-4-6-13(7-11)24(26)27/h4-10H,1-3H3. The molecule has 0 radical (unpaired) electrons. The maximum atomic E-state index is 13.1. The van der Waals surface area contributed by atoms with E-state index in [9.17, 15) is 14.9 Å². The van der Waals surface area contributed by atoms with Crippen LogP contribution in [0.4, 0.5) is 5.69 Å². The maximum Gasteiger partial charge on any atom is 0.276 e. The molecule has 0 aliphatic heterocycles. The lowest BCUT2D eigenvalue weighted by molar-refractivity contribution is -0.384. The number of rotatable bonds is 6. The number of non-ortho nitro benzene ring substituents is 1. The summed E-state index contributed by atoms with van der Waals surface area (Å²) >= 11 is 1.14. The Kier molecular flexibility index (Phi) is 5.26. The van der Waals surface area contributed by atoms with E-state index >= 15 is 0 Å². The van der Waals surface area contributed by atoms with Gasteiger partial charge in [0.2, 0.25) is 10.7 Å². The molecule has 0 spiro atoms. The molecule has 0 fully saturated rings. The molecule has 31 heavy (non-hydrogen) atoms. The number of methoxy groups -OCH3 is 3. The predicted molar refractivity (Wildman–Crippen MR) is 114 cm³/mol. The molecule has 2 aromatic carbocycles. The van der Waals surface area contributed by atoms with Crippen molar-refractivity contribution in [3.63, 3.8) is 0 Å². The Hall–Kier alpha value is -3.99. The number of nitro groups is 1. The van der Waals surface area contributed by atoms with E-state index in [-0.39, 0.29) is 11.2 Å². The zero-order valence-electron chi connectivity index (χ0n) is 16.7. The van der Waals surface area contributed by atoms with Gasteiger partial charge in [0.05, 0.1) is 30.8 Å². The van der Waals surface area contributed by atoms with Crippen molar-refractivity contribution in [3.8, 4) is 28.6 Å². The molecule has 2 aromatic heterocycles. The van der Waals surface area contributed by atoms with Crippen molar-refractivity contribution in [1.29, 1.82) is 0 Å². The van der Waals surface area contributed by atoms with Crippen molar-refractivity contribution in [1.82, 2.24) is 14.6 Å². The minimum atomic E-state index is -0.483. The summed E-state index contributed by atoms with van der Waals surface area (Å²) in [7, 11) is 4.49. The Morgan fingerprint density at radius 1 is 1.06 bits per heavy atom. The van der Waals surface area contributed by atoms with Crippen LogP contribution in [0.2, 0.25) is 0 Å². The number of aromatic nitrogens is 3. The second kappa shape index (κ2) is 8.03. The van der Waals surface area contributed by atoms with E-state index in [0.29, 0.717) is 43.7 Å². The van der Waals surface area contributed by atoms with E-state index in [1.807, 2.05) is 0 Å². The lowest BCUT2D eigenvalue weighted by Gasteiger charge is -2.13. The Bertz CT molecular complexity index is 1390. The van der Waals surface area contributed by atoms with E-state index < -0.39 is 4.92 Å². The first-order valence-corrected chi connectivity index (χ1v) is 9.73. The molecule has 4 aromatic rings. The molecule has 0 saturated carbocycles. The SMILES string of the molecule is COc1cc(-c2nnc3sc(=Cc4cccc([N+](=O)[O-])c4)c(=O)n23)cc(OC)c1OC. The van der Waals surface area contributed by atoms with Crippen LogP contribution in [0, 0.1) is 10.1 Å². The van der Waals surface area contributed by atoms with E-state index in [0.717, 1.165) is 11.3 Å². The number of thiazole rings is 1. The zero-order valence-corrected chi connectivity index (χ0v) is 17.5. The molecule has 11 heteroatoms. The van der Waals surface area contributed by atoms with Gasteiger partial charge in [-0.3, -0.25) is 14.9 Å². The third-order valence-corrected chi connectivity index (χ3v) is 5.51. The summed E-state index contributed by atoms with van der Waals surface area (Å²) in [5, 5.41) is 19.3. The second-order valence-corrected chi connectivity index (χ2v) is 7.33. The first-order valence-electron chi connectivity index (χ1n) is 8.91. The summed E-state index contributed by atoms with van der Waals surface area (Å²) in [4.78, 5) is 24.0. The average Bonchev–Trinajstić information content (AvgIpc) is 3.33. The van der Waals surface area contributed by atoms with Crippen LogP contribution >= 0.6 is 11.3 Å². The molecule has 0 aliphatic carbocycles. The van der Waals surface area contributed by atoms with Crippen LogP contribution in [0.3, 0.4) is 0 Å². The van der Waals surface area contributed by atoms with Gasteiger partial charge in [-0.15, -0.1) is 10.2 Å². The first-order chi connectivity index (χ1) is 15.0. The molecule has 4 rings (SSSR count). The van der Waals surface area contributed by atoms with Gasteiger partial charge >= 0.3 is 0 Å². The van der Waals surface area contributed by atoms with Gasteiger partial charge in [0.1, 0.15) is 0 Å². The van der Waals surface area contributed by atoms with Crippen LogP contribution in [0.5, 0.6) is 17.2 Å². The van der Waals surface area contributed by atoms with Crippen LogP contribution in [-0.4, -0.2) is 40.9 Å². The van der Waals surface area contributed by atoms with Gasteiger partial charge in [0.25, 0.3) is 11.2 Å². The largest absolute Gasteiger partial charge is 0.493 e. The monoisotopic (exact) mass is 440 g/mol. The number of hydrogen-bond acceptors (Lipinski definition) is 9. The normalized spacial score (nSPS) is 11.6. The number of nitro benzene ring substituents is 1. The fourth-order valence-electron chi connectivity index (χ4n) is 3.14. The highest BCUT2D eigenvalue weighted by molar-refractivity contribution is 7.15. The fourth-order valence-corrected chi connectivity index (χ4v) is 4.05. The van der Waals surface area contributed by atoms with Crippen molar-refractivity contribution in [3.05, 3.63) is 67.0 Å². The highest BCUT2D eigenvalue weighted by Gasteiger charge is 2.19. The summed E-state index contributed by atoms with van der Waals surface area (Å²) in [6.45, 7) is 0. The van der Waals surface area contributed by atoms with Gasteiger partial charge < -0.3 is 14.2 Å². The number of nitrogens with zero attached hydrogens (tertiary/aromatic N) is 4. The van der Waals surface area contributed by atoms with Crippen LogP contribution in [0.1, 0.15) is 5.56 Å². The van der Waals surface area contributed by atoms with Gasteiger partial charge in [-0.05, 0) is 23.8 Å². The highest BCUT2D eigenvalue weighted by atomic mass is 32.1. The Morgan fingerprint density at radius 2 is 1.77 bits per heavy atom. The summed E-state index contributed by atoms with van der Waals surface area (Å²) in [6.07, 6.45) is 1.59. The Morgan fingerprint density at radius 3 is 2.39 bits per heavy atom. The van der Waals surface area contributed by atoms with Gasteiger partial charge in [-0.25, -0.2) is 4.40 Å². The lowest BCUT2D eigenvalue weighted by atomic mass is 10.1. The molecule has 0 bridgehead atoms. The van der Waals surface area contributed by atoms with Crippen molar-refractivity contribution in [2.75, 3.05) is 21.3 Å². The Labute approximate surface area is 179 Å². The van der Waals surface area contributed by atoms with Gasteiger partial charge in [-0.2, -0.15) is 0 Å². The smallest absolute Gasteiger partial charge is 0.276 e. The maximum absolute atomic E-state index is 13.1. The molecule has 0 aliphatic rings. The first kappa shape index (κ1) is 20.3. The summed E-state index contributed by atoms with van der Waals surface area (Å²) in [5.74, 6) is 1.57. The van der Waals surface area contributed by atoms with Crippen molar-refractivity contribution >= 4 is 28.1 Å². The van der Waals surface area contributed by atoms with Crippen LogP contribution in [0.15, 0.2) is 41.2 Å². The molecule has 0 unspecified atom stereocenters. The van der Waals surface area contributed by atoms with E-state index in [4.69, 9.17) is 14.2 Å². The number of ether oxygens (including phenoxy) is 3. The number of hydrogen-bond donors (Lipinski definition) is 0. The van der Waals surface area contributed by atoms with E-state index in [1.54, 1.807) is 30.3 Å². The minimum Gasteiger partial charge on any atom is -0.493 e. The topological polar surface area (TPSA) is 118 Å².